The van der Waals surface area contributed by atoms with Crippen LogP contribution in [0.25, 0.3) is 128 Å². The summed E-state index contributed by atoms with van der Waals surface area (Å²) in [6.45, 7) is 9.49. The number of aromatic nitrogens is 4. The molecule has 394 valence electrons. The summed E-state index contributed by atoms with van der Waals surface area (Å²) in [5.74, 6) is 1.90. The first-order valence-corrected chi connectivity index (χ1v) is 29.4. The van der Waals surface area contributed by atoms with Crippen LogP contribution < -0.4 is 0 Å². The van der Waals surface area contributed by atoms with Gasteiger partial charge in [0.2, 0.25) is 0 Å². The molecule has 2 aromatic heterocycles. The molecule has 18 rings (SSSR count). The molecule has 0 radical (unpaired) electrons. The van der Waals surface area contributed by atoms with Gasteiger partial charge in [-0.25, -0.2) is 15.0 Å². The molecule has 0 fully saturated rings. The molecule has 4 nitrogen and oxygen atoms in total. The summed E-state index contributed by atoms with van der Waals surface area (Å²) in [7, 11) is 0. The van der Waals surface area contributed by atoms with Gasteiger partial charge in [0.05, 0.1) is 22.1 Å². The van der Waals surface area contributed by atoms with E-state index < -0.39 is 5.41 Å². The first kappa shape index (κ1) is 47.4. The van der Waals surface area contributed by atoms with Crippen LogP contribution in [0.5, 0.6) is 0 Å². The number of rotatable bonds is 6. The highest BCUT2D eigenvalue weighted by atomic mass is 15.0. The number of hydrogen-bond acceptors (Lipinski definition) is 3. The van der Waals surface area contributed by atoms with E-state index in [4.69, 9.17) is 15.0 Å². The lowest BCUT2D eigenvalue weighted by molar-refractivity contribution is 0.660. The van der Waals surface area contributed by atoms with Crippen LogP contribution in [-0.2, 0) is 16.2 Å². The Kier molecular flexibility index (Phi) is 9.53. The molecule has 4 heteroatoms. The third kappa shape index (κ3) is 6.19. The number of nitrogens with zero attached hydrogens (tertiary/aromatic N) is 4. The maximum absolute atomic E-state index is 5.59. The van der Waals surface area contributed by atoms with Crippen molar-refractivity contribution < 1.29 is 0 Å². The van der Waals surface area contributed by atoms with Crippen molar-refractivity contribution in [2.75, 3.05) is 0 Å². The minimum atomic E-state index is -0.584. The fraction of sp³-hybridized carbons (Fsp3) is 0.0875. The summed E-state index contributed by atoms with van der Waals surface area (Å²) >= 11 is 0. The SMILES string of the molecule is CC1(C)c2ccccc2-c2ccc(-c3nc(-c4ccc5c(c4)C(c4ccccc4)(c4ccccc4)c4ccccc4-5)nc(-c4cccc5cc(-c6cc7c8c9c6c6ccccc6n9-c6ccccc6-c6cccc(c6-8)C7(C)C)ccc45)n3)cc21. The van der Waals surface area contributed by atoms with Crippen LogP contribution in [0.15, 0.2) is 255 Å². The van der Waals surface area contributed by atoms with Gasteiger partial charge in [0.1, 0.15) is 0 Å². The Hall–Kier alpha value is -10.3. The molecule has 0 spiro atoms. The van der Waals surface area contributed by atoms with E-state index in [1.807, 2.05) is 0 Å². The lowest BCUT2D eigenvalue weighted by atomic mass is 9.67. The fourth-order valence-electron chi connectivity index (χ4n) is 15.8. The summed E-state index contributed by atoms with van der Waals surface area (Å²) in [6.07, 6.45) is 0. The molecule has 0 amide bonds. The van der Waals surface area contributed by atoms with E-state index in [1.165, 1.54) is 128 Å². The van der Waals surface area contributed by atoms with E-state index in [-0.39, 0.29) is 10.8 Å². The van der Waals surface area contributed by atoms with E-state index in [0.29, 0.717) is 17.5 Å². The topological polar surface area (TPSA) is 43.6 Å². The van der Waals surface area contributed by atoms with Crippen LogP contribution in [0.2, 0.25) is 0 Å². The van der Waals surface area contributed by atoms with Crippen molar-refractivity contribution in [1.82, 2.24) is 19.5 Å². The Labute approximate surface area is 488 Å². The highest BCUT2D eigenvalue weighted by Crippen LogP contribution is 2.61. The van der Waals surface area contributed by atoms with Crippen molar-refractivity contribution in [2.45, 2.75) is 43.9 Å². The lowest BCUT2D eigenvalue weighted by Gasteiger charge is -2.34. The molecule has 0 unspecified atom stereocenters. The normalized spacial score (nSPS) is 14.7. The first-order valence-electron chi connectivity index (χ1n) is 29.4. The molecule has 0 saturated carbocycles. The zero-order valence-electron chi connectivity index (χ0n) is 47.0. The van der Waals surface area contributed by atoms with Gasteiger partial charge >= 0.3 is 0 Å². The Balaban J connectivity index is 0.853. The molecule has 0 atom stereocenters. The Morgan fingerprint density at radius 1 is 0.310 bits per heavy atom. The largest absolute Gasteiger partial charge is 0.308 e. The highest BCUT2D eigenvalue weighted by molar-refractivity contribution is 6.23. The second-order valence-corrected chi connectivity index (χ2v) is 24.6. The van der Waals surface area contributed by atoms with E-state index in [0.717, 1.165) is 27.5 Å². The minimum Gasteiger partial charge on any atom is -0.308 e. The molecule has 0 saturated heterocycles. The van der Waals surface area contributed by atoms with Gasteiger partial charge in [-0.2, -0.15) is 0 Å². The van der Waals surface area contributed by atoms with Crippen LogP contribution >= 0.6 is 0 Å². The van der Waals surface area contributed by atoms with Gasteiger partial charge in [-0.3, -0.25) is 0 Å². The second kappa shape index (κ2) is 16.9. The van der Waals surface area contributed by atoms with Crippen LogP contribution in [0.1, 0.15) is 72.2 Å². The van der Waals surface area contributed by atoms with Gasteiger partial charge in [-0.1, -0.05) is 246 Å². The third-order valence-corrected chi connectivity index (χ3v) is 19.7. The van der Waals surface area contributed by atoms with E-state index in [1.54, 1.807) is 0 Å². The van der Waals surface area contributed by atoms with Crippen molar-refractivity contribution in [2.24, 2.45) is 0 Å². The maximum Gasteiger partial charge on any atom is 0.164 e. The maximum atomic E-state index is 5.59. The summed E-state index contributed by atoms with van der Waals surface area (Å²) in [5, 5.41) is 4.73. The van der Waals surface area contributed by atoms with E-state index >= 15 is 0 Å². The van der Waals surface area contributed by atoms with Crippen molar-refractivity contribution in [3.05, 3.63) is 299 Å². The van der Waals surface area contributed by atoms with Crippen LogP contribution in [-0.4, -0.2) is 19.5 Å². The van der Waals surface area contributed by atoms with Crippen LogP contribution in [0.4, 0.5) is 0 Å². The predicted octanol–water partition coefficient (Wildman–Crippen LogP) is 19.7. The monoisotopic (exact) mass is 1070 g/mol. The fourth-order valence-corrected chi connectivity index (χ4v) is 15.8. The number of para-hydroxylation sites is 2. The van der Waals surface area contributed by atoms with Gasteiger partial charge in [-0.15, -0.1) is 0 Å². The zero-order chi connectivity index (χ0) is 55.8. The zero-order valence-corrected chi connectivity index (χ0v) is 47.0. The number of fused-ring (bicyclic) bond motifs is 13. The quantitative estimate of drug-likeness (QED) is 0.167. The molecule has 3 aliphatic carbocycles. The number of hydrogen-bond donors (Lipinski definition) is 0. The Bertz CT molecular complexity index is 5160. The van der Waals surface area contributed by atoms with Crippen LogP contribution in [0, 0.1) is 0 Å². The average Bonchev–Trinajstić information content (AvgIpc) is 1.55. The summed E-state index contributed by atoms with van der Waals surface area (Å²) in [5.41, 5.74) is 28.5. The first-order chi connectivity index (χ1) is 41.2. The van der Waals surface area contributed by atoms with Gasteiger partial charge in [-0.05, 0) is 136 Å². The van der Waals surface area contributed by atoms with E-state index in [9.17, 15) is 0 Å². The average molecular weight is 1070 g/mol. The van der Waals surface area contributed by atoms with E-state index in [2.05, 4.69) is 287 Å². The van der Waals surface area contributed by atoms with Crippen molar-refractivity contribution >= 4 is 32.6 Å². The summed E-state index contributed by atoms with van der Waals surface area (Å²) in [4.78, 5) is 16.7. The van der Waals surface area contributed by atoms with Crippen molar-refractivity contribution in [1.29, 1.82) is 0 Å². The second-order valence-electron chi connectivity index (χ2n) is 24.6. The lowest BCUT2D eigenvalue weighted by Crippen LogP contribution is -2.28. The molecule has 4 aliphatic rings. The predicted molar refractivity (Wildman–Crippen MR) is 345 cm³/mol. The molecular weight excluding hydrogens is 1020 g/mol. The Morgan fingerprint density at radius 3 is 1.60 bits per heavy atom. The standard InChI is InChI=1S/C80H54N4/c1-78(2)63-32-15-11-26-54(63)56-41-38-49(44-66(56)78)75-81-76(50-39-42-57-55-27-12-16-33-64(55)80(67(57)45-50,51-22-7-5-8-23-51)52-24-9-6-10-25-52)83-77(82-75)60-31-19-21-47-43-48(37-40-53(47)60)62-46-68-73-72-59(30-20-34-65(72)79(68,3)4)58-28-13-17-35-69(58)84-70-36-18-14-29-61(70)71(62)74(73)84/h5-46H,1-4H3. The molecule has 12 aromatic carbocycles. The van der Waals surface area contributed by atoms with Gasteiger partial charge < -0.3 is 4.57 Å². The molecule has 14 aromatic rings. The Morgan fingerprint density at radius 2 is 0.845 bits per heavy atom. The molecule has 1 aliphatic heterocycles. The smallest absolute Gasteiger partial charge is 0.164 e. The van der Waals surface area contributed by atoms with Crippen molar-refractivity contribution in [3.63, 3.8) is 0 Å². The number of benzene rings is 12. The molecule has 84 heavy (non-hydrogen) atoms. The van der Waals surface area contributed by atoms with Gasteiger partial charge in [0, 0.05) is 49.4 Å². The molecule has 3 heterocycles. The summed E-state index contributed by atoms with van der Waals surface area (Å²) in [6, 6.07) is 94.6. The molecule has 0 N–H and O–H groups in total. The van der Waals surface area contributed by atoms with Gasteiger partial charge in [0.25, 0.3) is 0 Å². The van der Waals surface area contributed by atoms with Crippen molar-refractivity contribution in [3.8, 4) is 95.5 Å². The van der Waals surface area contributed by atoms with Crippen LogP contribution in [0.3, 0.4) is 0 Å². The summed E-state index contributed by atoms with van der Waals surface area (Å²) < 4.78 is 2.56. The third-order valence-electron chi connectivity index (χ3n) is 19.7. The highest BCUT2D eigenvalue weighted by Gasteiger charge is 2.47. The van der Waals surface area contributed by atoms with Gasteiger partial charge in [0.15, 0.2) is 17.5 Å². The molecule has 0 bridgehead atoms. The minimum absolute atomic E-state index is 0.205. The molecular formula is C80H54N4.